The Bertz CT molecular complexity index is 1280. The Morgan fingerprint density at radius 1 is 0.661 bits per heavy atom. The number of carbonyl (C=O) groups excluding carboxylic acids is 3. The molecule has 10 atom stereocenters. The second-order valence-corrected chi connectivity index (χ2v) is 12.4. The van der Waals surface area contributed by atoms with Crippen LogP contribution >= 0.6 is 0 Å². The largest absolute Gasteiger partial charge is 0.387 e. The number of amides is 2. The number of carbonyl (C=O) groups is 3. The van der Waals surface area contributed by atoms with Gasteiger partial charge in [0.25, 0.3) is 11.8 Å². The predicted molar refractivity (Wildman–Crippen MR) is 186 cm³/mol. The minimum atomic E-state index is -1.62. The molecule has 2 unspecified atom stereocenters. The number of Topliss-reactive ketones (excluding diaryl/α,β-unsaturated/α-hetero) is 1. The van der Waals surface area contributed by atoms with Gasteiger partial charge >= 0.3 is 0 Å². The van der Waals surface area contributed by atoms with Gasteiger partial charge < -0.3 is 83.2 Å². The second-order valence-electron chi connectivity index (χ2n) is 12.4. The van der Waals surface area contributed by atoms with Crippen LogP contribution in [0, 0.1) is 0 Å². The predicted octanol–water partition coefficient (Wildman–Crippen LogP) is -4.62. The van der Waals surface area contributed by atoms with Crippen LogP contribution in [-0.2, 0) is 68.2 Å². The second kappa shape index (κ2) is 26.2. The average Bonchev–Trinajstić information content (AvgIpc) is 3.67. The quantitative estimate of drug-likeness (QED) is 0.0343. The van der Waals surface area contributed by atoms with Crippen molar-refractivity contribution in [3.8, 4) is 0 Å². The molecule has 1 aromatic rings. The third-order valence-electron chi connectivity index (χ3n) is 8.48. The summed E-state index contributed by atoms with van der Waals surface area (Å²) in [6, 6.07) is 0. The van der Waals surface area contributed by atoms with Gasteiger partial charge in [-0.2, -0.15) is 0 Å². The van der Waals surface area contributed by atoms with Crippen LogP contribution in [0.5, 0.6) is 0 Å². The summed E-state index contributed by atoms with van der Waals surface area (Å²) in [6.45, 7) is 3.90. The summed E-state index contributed by atoms with van der Waals surface area (Å²) in [6.07, 6.45) is -13.1. The fraction of sp³-hybridized carbons (Fsp3) is 0.848. The SMILES string of the molecule is COCCOCCNC(=O)C1O[C@@H](OCCO[C@@H]2C(C(=O)NCCOCCOCCOCCn3nncc3C(C)=O)O[C@@H](OC)[C@@H](O)[C@H]2O)[C@@H](O)[C@@H](O)[C@@H]1OC. The number of hydrogen-bond donors (Lipinski definition) is 6. The molecule has 2 saturated heterocycles. The molecule has 56 heavy (non-hydrogen) atoms. The van der Waals surface area contributed by atoms with Crippen molar-refractivity contribution in [2.45, 2.75) is 74.9 Å². The van der Waals surface area contributed by atoms with Crippen LogP contribution in [0.4, 0.5) is 0 Å². The van der Waals surface area contributed by atoms with Crippen molar-refractivity contribution in [1.82, 2.24) is 25.6 Å². The molecule has 0 spiro atoms. The Hall–Kier alpha value is -2.85. The van der Waals surface area contributed by atoms with Crippen molar-refractivity contribution in [3.63, 3.8) is 0 Å². The Balaban J connectivity index is 1.37. The molecule has 2 aliphatic heterocycles. The van der Waals surface area contributed by atoms with Gasteiger partial charge in [0, 0.05) is 41.3 Å². The van der Waals surface area contributed by atoms with E-state index in [0.717, 1.165) is 0 Å². The van der Waals surface area contributed by atoms with E-state index in [9.17, 15) is 34.8 Å². The van der Waals surface area contributed by atoms with Crippen molar-refractivity contribution in [2.24, 2.45) is 0 Å². The van der Waals surface area contributed by atoms with E-state index in [1.54, 1.807) is 0 Å². The van der Waals surface area contributed by atoms with E-state index < -0.39 is 73.2 Å². The maximum Gasteiger partial charge on any atom is 0.252 e. The van der Waals surface area contributed by atoms with Crippen molar-refractivity contribution in [2.75, 3.05) is 107 Å². The first-order valence-electron chi connectivity index (χ1n) is 18.1. The molecule has 0 bridgehead atoms. The van der Waals surface area contributed by atoms with Gasteiger partial charge in [0.1, 0.15) is 42.3 Å². The number of ketones is 1. The molecule has 6 N–H and O–H groups in total. The highest BCUT2D eigenvalue weighted by Gasteiger charge is 2.50. The monoisotopic (exact) mass is 811 g/mol. The zero-order valence-electron chi connectivity index (χ0n) is 32.1. The van der Waals surface area contributed by atoms with Gasteiger partial charge in [-0.05, 0) is 0 Å². The van der Waals surface area contributed by atoms with E-state index in [0.29, 0.717) is 45.3 Å². The first-order chi connectivity index (χ1) is 27.0. The van der Waals surface area contributed by atoms with Gasteiger partial charge in [-0.15, -0.1) is 5.10 Å². The minimum Gasteiger partial charge on any atom is -0.387 e. The van der Waals surface area contributed by atoms with Crippen LogP contribution in [0.15, 0.2) is 6.20 Å². The number of hydrogen-bond acceptors (Lipinski definition) is 20. The average molecular weight is 812 g/mol. The summed E-state index contributed by atoms with van der Waals surface area (Å²) >= 11 is 0. The van der Waals surface area contributed by atoms with Crippen molar-refractivity contribution < 1.29 is 86.9 Å². The van der Waals surface area contributed by atoms with Crippen molar-refractivity contribution >= 4 is 17.6 Å². The smallest absolute Gasteiger partial charge is 0.252 e. The third-order valence-corrected chi connectivity index (χ3v) is 8.48. The topological polar surface area (TPSA) is 288 Å². The van der Waals surface area contributed by atoms with E-state index in [1.807, 2.05) is 0 Å². The summed E-state index contributed by atoms with van der Waals surface area (Å²) in [4.78, 5) is 37.5. The molecule has 2 amide bonds. The number of nitrogens with one attached hydrogen (secondary N) is 2. The highest BCUT2D eigenvalue weighted by molar-refractivity contribution is 5.91. The summed E-state index contributed by atoms with van der Waals surface area (Å²) < 4.78 is 61.0. The van der Waals surface area contributed by atoms with E-state index in [-0.39, 0.29) is 58.5 Å². The molecule has 0 saturated carbocycles. The molecule has 2 fully saturated rings. The van der Waals surface area contributed by atoms with Gasteiger partial charge in [0.05, 0.1) is 85.4 Å². The van der Waals surface area contributed by atoms with Crippen LogP contribution in [-0.4, -0.2) is 222 Å². The van der Waals surface area contributed by atoms with E-state index in [2.05, 4.69) is 20.9 Å². The summed E-state index contributed by atoms with van der Waals surface area (Å²) in [5.74, 6) is -1.45. The number of nitrogens with zero attached hydrogens (tertiary/aromatic N) is 3. The Morgan fingerprint density at radius 3 is 1.77 bits per heavy atom. The standard InChI is InChI=1S/C33H57N5O18/c1-20(39)21-19-36-37-38(21)7-10-51-14-16-52-15-13-50-9-6-35-31(45)29-27(23(41)24(42)32(48-4)55-29)53-17-18-54-33-25(43)22(40)26(47-3)28(56-33)30(44)34-5-8-49-12-11-46-2/h19,22-29,32-33,40-43H,5-18H2,1-4H3,(H,34,44)(H,35,45)/t22-,23-,24+,25+,26+,27+,28?,29?,32-,33-/m1/s1. The zero-order valence-corrected chi connectivity index (χ0v) is 32.1. The summed E-state index contributed by atoms with van der Waals surface area (Å²) in [7, 11) is 4.02. The lowest BCUT2D eigenvalue weighted by atomic mass is 9.98. The zero-order chi connectivity index (χ0) is 40.9. The first-order valence-corrected chi connectivity index (χ1v) is 18.1. The molecule has 0 aromatic carbocycles. The highest BCUT2D eigenvalue weighted by atomic mass is 16.7. The maximum absolute atomic E-state index is 13.1. The Labute approximate surface area is 324 Å². The van der Waals surface area contributed by atoms with Gasteiger partial charge in [0.2, 0.25) is 0 Å². The van der Waals surface area contributed by atoms with Gasteiger partial charge in [0.15, 0.2) is 30.6 Å². The molecule has 23 nitrogen and oxygen atoms in total. The number of rotatable bonds is 28. The number of methoxy groups -OCH3 is 3. The number of ether oxygens (including phenoxy) is 11. The molecular weight excluding hydrogens is 754 g/mol. The van der Waals surface area contributed by atoms with Crippen molar-refractivity contribution in [3.05, 3.63) is 11.9 Å². The van der Waals surface area contributed by atoms with Crippen LogP contribution in [0.25, 0.3) is 0 Å². The fourth-order valence-corrected chi connectivity index (χ4v) is 5.55. The normalized spacial score (nSPS) is 27.9. The lowest BCUT2D eigenvalue weighted by Crippen LogP contribution is -2.63. The van der Waals surface area contributed by atoms with E-state index in [4.69, 9.17) is 52.1 Å². The third kappa shape index (κ3) is 14.8. The first kappa shape index (κ1) is 47.5. The molecule has 3 rings (SSSR count). The molecule has 322 valence electrons. The molecule has 0 radical (unpaired) electrons. The van der Waals surface area contributed by atoms with Gasteiger partial charge in [-0.3, -0.25) is 14.4 Å². The molecule has 1 aromatic heterocycles. The maximum atomic E-state index is 13.1. The highest BCUT2D eigenvalue weighted by Crippen LogP contribution is 2.26. The molecular formula is C33H57N5O18. The Morgan fingerprint density at radius 2 is 1.18 bits per heavy atom. The number of aromatic nitrogens is 3. The van der Waals surface area contributed by atoms with Gasteiger partial charge in [-0.1, -0.05) is 5.21 Å². The van der Waals surface area contributed by atoms with Crippen molar-refractivity contribution in [1.29, 1.82) is 0 Å². The van der Waals surface area contributed by atoms with Gasteiger partial charge in [-0.25, -0.2) is 4.68 Å². The fourth-order valence-electron chi connectivity index (χ4n) is 5.55. The van der Waals surface area contributed by atoms with Crippen LogP contribution < -0.4 is 10.6 Å². The summed E-state index contributed by atoms with van der Waals surface area (Å²) in [5, 5.41) is 55.3. The van der Waals surface area contributed by atoms with E-state index >= 15 is 0 Å². The lowest BCUT2D eigenvalue weighted by Gasteiger charge is -2.42. The summed E-state index contributed by atoms with van der Waals surface area (Å²) in [5.41, 5.74) is 0.405. The van der Waals surface area contributed by atoms with Crippen LogP contribution in [0.2, 0.25) is 0 Å². The molecule has 0 aliphatic carbocycles. The number of aliphatic hydroxyl groups excluding tert-OH is 4. The number of aliphatic hydroxyl groups is 4. The Kier molecular flexibility index (Phi) is 22.2. The molecule has 3 heterocycles. The van der Waals surface area contributed by atoms with E-state index in [1.165, 1.54) is 39.1 Å². The molecule has 2 aliphatic rings. The lowest BCUT2D eigenvalue weighted by molar-refractivity contribution is -0.304. The molecule has 23 heteroatoms. The minimum absolute atomic E-state index is 0.0652. The van der Waals surface area contributed by atoms with Crippen LogP contribution in [0.3, 0.4) is 0 Å². The van der Waals surface area contributed by atoms with Crippen LogP contribution in [0.1, 0.15) is 17.4 Å².